The van der Waals surface area contributed by atoms with E-state index in [4.69, 9.17) is 4.74 Å². The lowest BCUT2D eigenvalue weighted by molar-refractivity contribution is -0.211. The van der Waals surface area contributed by atoms with Crippen LogP contribution in [0.1, 0.15) is 113 Å². The first-order valence-electron chi connectivity index (χ1n) is 14.2. The van der Waals surface area contributed by atoms with Gasteiger partial charge in [0.2, 0.25) is 0 Å². The van der Waals surface area contributed by atoms with Gasteiger partial charge in [0, 0.05) is 11.8 Å². The smallest absolute Gasteiger partial charge is 0.138 e. The Hall–Kier alpha value is -0.450. The van der Waals surface area contributed by atoms with Crippen LogP contribution in [-0.4, -0.2) is 39.9 Å². The average Bonchev–Trinajstić information content (AvgIpc) is 3.34. The molecule has 194 valence electrons. The topological polar surface area (TPSA) is 66.8 Å². The quantitative estimate of drug-likeness (QED) is 0.533. The molecule has 0 bridgehead atoms. The van der Waals surface area contributed by atoms with E-state index in [1.54, 1.807) is 6.92 Å². The maximum absolute atomic E-state index is 12.9. The molecule has 34 heavy (non-hydrogen) atoms. The zero-order valence-electron chi connectivity index (χ0n) is 22.9. The summed E-state index contributed by atoms with van der Waals surface area (Å²) in [5.41, 5.74) is -0.706. The average molecular weight is 475 g/mol. The molecule has 1 heterocycles. The van der Waals surface area contributed by atoms with E-state index < -0.39 is 5.60 Å². The minimum absolute atomic E-state index is 0.186. The Labute approximate surface area is 207 Å². The number of aliphatic hydroxyl groups is 2. The Bertz CT molecular complexity index is 849. The summed E-state index contributed by atoms with van der Waals surface area (Å²) in [4.78, 5) is 12.9. The first-order valence-corrected chi connectivity index (χ1v) is 14.2. The van der Waals surface area contributed by atoms with Crippen molar-refractivity contribution in [1.82, 2.24) is 0 Å². The molecule has 1 aliphatic heterocycles. The van der Waals surface area contributed by atoms with Crippen molar-refractivity contribution in [3.05, 3.63) is 0 Å². The van der Waals surface area contributed by atoms with Crippen LogP contribution in [0.2, 0.25) is 0 Å². The maximum atomic E-state index is 12.9. The minimum Gasteiger partial charge on any atom is -0.393 e. The highest BCUT2D eigenvalue weighted by atomic mass is 16.5. The highest BCUT2D eigenvalue weighted by molar-refractivity contribution is 5.85. The second-order valence-corrected chi connectivity index (χ2v) is 14.9. The molecule has 0 aromatic rings. The fourth-order valence-corrected chi connectivity index (χ4v) is 10.9. The van der Waals surface area contributed by atoms with Crippen molar-refractivity contribution in [2.75, 3.05) is 6.61 Å². The number of hydrogen-bond acceptors (Lipinski definition) is 4. The molecule has 4 saturated carbocycles. The molecular formula is C30H50O4. The minimum atomic E-state index is -1.17. The third-order valence-corrected chi connectivity index (χ3v) is 13.3. The standard InChI is InChI=1S/C30H50O4/c1-25(2)21-11-16-28(5)22(26(21,3)14-12-23(25)32)9-8-19-20(10-15-27(19,28)4)30(7)17-13-24(34-30)29(6,33)18-31/h19-22,24,31,33H,8-18H2,1-7H3/t19-,20+,21+,22-,24-,26+,27-,28-,29+,30+/m1/s1. The molecular weight excluding hydrogens is 424 g/mol. The van der Waals surface area contributed by atoms with E-state index in [0.29, 0.717) is 40.3 Å². The van der Waals surface area contributed by atoms with E-state index in [-0.39, 0.29) is 29.1 Å². The Morgan fingerprint density at radius 2 is 1.53 bits per heavy atom. The lowest BCUT2D eigenvalue weighted by Gasteiger charge is -2.69. The van der Waals surface area contributed by atoms with Crippen molar-refractivity contribution in [3.63, 3.8) is 0 Å². The van der Waals surface area contributed by atoms with Gasteiger partial charge >= 0.3 is 0 Å². The van der Waals surface area contributed by atoms with Crippen LogP contribution in [0.5, 0.6) is 0 Å². The fraction of sp³-hybridized carbons (Fsp3) is 0.967. The van der Waals surface area contributed by atoms with Crippen LogP contribution in [0.15, 0.2) is 0 Å². The van der Waals surface area contributed by atoms with Crippen LogP contribution >= 0.6 is 0 Å². The normalized spacial score (nSPS) is 54.1. The molecule has 0 radical (unpaired) electrons. The highest BCUT2D eigenvalue weighted by Crippen LogP contribution is 2.75. The molecule has 0 unspecified atom stereocenters. The molecule has 0 aromatic heterocycles. The van der Waals surface area contributed by atoms with Crippen LogP contribution in [0.4, 0.5) is 0 Å². The second-order valence-electron chi connectivity index (χ2n) is 14.9. The van der Waals surface area contributed by atoms with Crippen molar-refractivity contribution < 1.29 is 19.7 Å². The highest BCUT2D eigenvalue weighted by Gasteiger charge is 2.70. The van der Waals surface area contributed by atoms with E-state index in [2.05, 4.69) is 41.5 Å². The zero-order valence-corrected chi connectivity index (χ0v) is 22.9. The third kappa shape index (κ3) is 3.09. The molecule has 0 amide bonds. The zero-order chi connectivity index (χ0) is 24.9. The van der Waals surface area contributed by atoms with Gasteiger partial charge in [-0.2, -0.15) is 0 Å². The predicted molar refractivity (Wildman–Crippen MR) is 134 cm³/mol. The number of carbonyl (C=O) groups excluding carboxylic acids is 1. The maximum Gasteiger partial charge on any atom is 0.138 e. The van der Waals surface area contributed by atoms with E-state index in [0.717, 1.165) is 25.7 Å². The summed E-state index contributed by atoms with van der Waals surface area (Å²) in [6.45, 7) is 16.0. The molecule has 5 fully saturated rings. The van der Waals surface area contributed by atoms with Gasteiger partial charge in [0.05, 0.1) is 18.3 Å². The number of hydrogen-bond donors (Lipinski definition) is 2. The van der Waals surface area contributed by atoms with Gasteiger partial charge in [0.1, 0.15) is 11.4 Å². The molecule has 4 heteroatoms. The van der Waals surface area contributed by atoms with Crippen molar-refractivity contribution in [1.29, 1.82) is 0 Å². The molecule has 4 aliphatic carbocycles. The van der Waals surface area contributed by atoms with Gasteiger partial charge in [-0.15, -0.1) is 0 Å². The van der Waals surface area contributed by atoms with Gasteiger partial charge < -0.3 is 14.9 Å². The largest absolute Gasteiger partial charge is 0.393 e. The molecule has 5 rings (SSSR count). The lowest BCUT2D eigenvalue weighted by atomic mass is 9.35. The Morgan fingerprint density at radius 3 is 2.21 bits per heavy atom. The summed E-state index contributed by atoms with van der Waals surface area (Å²) in [5.74, 6) is 2.85. The van der Waals surface area contributed by atoms with E-state index in [9.17, 15) is 15.0 Å². The van der Waals surface area contributed by atoms with Gasteiger partial charge in [0.15, 0.2) is 0 Å². The predicted octanol–water partition coefficient (Wildman–Crippen LogP) is 5.92. The monoisotopic (exact) mass is 474 g/mol. The van der Waals surface area contributed by atoms with Crippen LogP contribution in [0.25, 0.3) is 0 Å². The number of fused-ring (bicyclic) bond motifs is 5. The lowest BCUT2D eigenvalue weighted by Crippen LogP contribution is -2.63. The summed E-state index contributed by atoms with van der Waals surface area (Å²) >= 11 is 0. The van der Waals surface area contributed by atoms with Crippen LogP contribution in [-0.2, 0) is 9.53 Å². The molecule has 4 nitrogen and oxygen atoms in total. The second kappa shape index (κ2) is 7.54. The first kappa shape index (κ1) is 25.2. The van der Waals surface area contributed by atoms with Crippen molar-refractivity contribution >= 4 is 5.78 Å². The van der Waals surface area contributed by atoms with Gasteiger partial charge in [-0.05, 0) is 112 Å². The molecule has 10 atom stereocenters. The van der Waals surface area contributed by atoms with Gasteiger partial charge in [-0.25, -0.2) is 0 Å². The van der Waals surface area contributed by atoms with E-state index in [1.165, 1.54) is 38.5 Å². The summed E-state index contributed by atoms with van der Waals surface area (Å²) < 4.78 is 6.65. The molecule has 0 aromatic carbocycles. The van der Waals surface area contributed by atoms with Crippen LogP contribution in [0.3, 0.4) is 0 Å². The number of ether oxygens (including phenoxy) is 1. The Morgan fingerprint density at radius 1 is 0.853 bits per heavy atom. The SMILES string of the molecule is CC1(C)C(=O)CC[C@]2(C)[C@H]3CC[C@@H]4[C@@H]([C@]5(C)CC[C@H]([C@@](C)(O)CO)O5)CC[C@@]4(C)[C@]3(C)CC[C@@H]12. The van der Waals surface area contributed by atoms with Crippen molar-refractivity contribution in [2.45, 2.75) is 130 Å². The molecule has 5 aliphatic rings. The summed E-state index contributed by atoms with van der Waals surface area (Å²) in [6, 6.07) is 0. The fourth-order valence-electron chi connectivity index (χ4n) is 10.9. The van der Waals surface area contributed by atoms with Gasteiger partial charge in [-0.1, -0.05) is 34.6 Å². The summed E-state index contributed by atoms with van der Waals surface area (Å²) in [5, 5.41) is 20.4. The van der Waals surface area contributed by atoms with Gasteiger partial charge in [-0.3, -0.25) is 4.79 Å². The third-order valence-electron chi connectivity index (χ3n) is 13.3. The van der Waals surface area contributed by atoms with E-state index >= 15 is 0 Å². The summed E-state index contributed by atoms with van der Waals surface area (Å²) in [7, 11) is 0. The Kier molecular flexibility index (Phi) is 5.59. The molecule has 1 saturated heterocycles. The van der Waals surface area contributed by atoms with Crippen LogP contribution < -0.4 is 0 Å². The Balaban J connectivity index is 1.43. The number of ketones is 1. The molecule has 2 N–H and O–H groups in total. The van der Waals surface area contributed by atoms with E-state index in [1.807, 2.05) is 0 Å². The number of aliphatic hydroxyl groups excluding tert-OH is 1. The van der Waals surface area contributed by atoms with Crippen molar-refractivity contribution in [2.24, 2.45) is 45.3 Å². The number of carbonyl (C=O) groups is 1. The van der Waals surface area contributed by atoms with Crippen LogP contribution in [0, 0.1) is 45.3 Å². The molecule has 0 spiro atoms. The van der Waals surface area contributed by atoms with Gasteiger partial charge in [0.25, 0.3) is 0 Å². The summed E-state index contributed by atoms with van der Waals surface area (Å²) in [6.07, 6.45) is 10.8. The number of Topliss-reactive ketones (excluding diaryl/α,β-unsaturated/α-hetero) is 1. The first-order chi connectivity index (χ1) is 15.7. The van der Waals surface area contributed by atoms with Crippen molar-refractivity contribution in [3.8, 4) is 0 Å². The number of rotatable bonds is 3.